The van der Waals surface area contributed by atoms with Crippen LogP contribution in [-0.2, 0) is 4.74 Å². The van der Waals surface area contributed by atoms with Gasteiger partial charge in [0, 0.05) is 32.7 Å². The van der Waals surface area contributed by atoms with E-state index in [-0.39, 0.29) is 17.5 Å². The standard InChI is InChI=1S/C19H27FN4O3/c20-15-4-5-17(22-19(26)24-8-1-2-9-24)16(14-15)18(25)21-6-3-7-23-10-12-27-13-11-23/h4-5,14H,1-3,6-13H2,(H,21,25)(H,22,26). The lowest BCUT2D eigenvalue weighted by Gasteiger charge is -2.26. The zero-order valence-corrected chi connectivity index (χ0v) is 15.5. The molecule has 0 aromatic heterocycles. The Balaban J connectivity index is 1.53. The molecule has 148 valence electrons. The van der Waals surface area contributed by atoms with Crippen LogP contribution < -0.4 is 10.6 Å². The Kier molecular flexibility index (Phi) is 7.00. The van der Waals surface area contributed by atoms with Crippen LogP contribution in [-0.4, -0.2) is 74.2 Å². The van der Waals surface area contributed by atoms with Crippen molar-refractivity contribution in [3.05, 3.63) is 29.6 Å². The molecule has 2 aliphatic heterocycles. The second kappa shape index (κ2) is 9.66. The van der Waals surface area contributed by atoms with E-state index in [2.05, 4.69) is 15.5 Å². The van der Waals surface area contributed by atoms with Crippen molar-refractivity contribution in [2.24, 2.45) is 0 Å². The molecule has 2 aliphatic rings. The van der Waals surface area contributed by atoms with Gasteiger partial charge < -0.3 is 20.3 Å². The van der Waals surface area contributed by atoms with Crippen LogP contribution in [0.4, 0.5) is 14.9 Å². The number of amides is 3. The van der Waals surface area contributed by atoms with Crippen molar-refractivity contribution in [2.75, 3.05) is 57.8 Å². The fraction of sp³-hybridized carbons (Fsp3) is 0.579. The van der Waals surface area contributed by atoms with Gasteiger partial charge in [-0.15, -0.1) is 0 Å². The van der Waals surface area contributed by atoms with Crippen LogP contribution in [0.3, 0.4) is 0 Å². The van der Waals surface area contributed by atoms with Crippen molar-refractivity contribution in [3.8, 4) is 0 Å². The van der Waals surface area contributed by atoms with Crippen LogP contribution >= 0.6 is 0 Å². The zero-order valence-electron chi connectivity index (χ0n) is 15.5. The predicted octanol–water partition coefficient (Wildman–Crippen LogP) is 1.91. The number of likely N-dealkylation sites (tertiary alicyclic amines) is 1. The van der Waals surface area contributed by atoms with E-state index >= 15 is 0 Å². The minimum absolute atomic E-state index is 0.147. The molecule has 0 atom stereocenters. The Morgan fingerprint density at radius 1 is 1.11 bits per heavy atom. The van der Waals surface area contributed by atoms with Crippen molar-refractivity contribution in [3.63, 3.8) is 0 Å². The molecule has 0 bridgehead atoms. The maximum Gasteiger partial charge on any atom is 0.321 e. The number of hydrogen-bond acceptors (Lipinski definition) is 4. The highest BCUT2D eigenvalue weighted by Crippen LogP contribution is 2.19. The predicted molar refractivity (Wildman–Crippen MR) is 100 cm³/mol. The summed E-state index contributed by atoms with van der Waals surface area (Å²) in [5, 5.41) is 5.56. The average molecular weight is 378 g/mol. The van der Waals surface area contributed by atoms with Crippen LogP contribution in [0, 0.1) is 5.82 Å². The van der Waals surface area contributed by atoms with Crippen LogP contribution in [0.1, 0.15) is 29.6 Å². The third-order valence-corrected chi connectivity index (χ3v) is 4.90. The van der Waals surface area contributed by atoms with Crippen LogP contribution in [0.15, 0.2) is 18.2 Å². The summed E-state index contributed by atoms with van der Waals surface area (Å²) in [5.74, 6) is -0.888. The molecule has 8 heteroatoms. The van der Waals surface area contributed by atoms with Gasteiger partial charge in [0.1, 0.15) is 5.82 Å². The highest BCUT2D eigenvalue weighted by Gasteiger charge is 2.20. The first-order valence-corrected chi connectivity index (χ1v) is 9.57. The fourth-order valence-electron chi connectivity index (χ4n) is 3.35. The molecule has 2 heterocycles. The average Bonchev–Trinajstić information content (AvgIpc) is 3.22. The van der Waals surface area contributed by atoms with Crippen molar-refractivity contribution in [2.45, 2.75) is 19.3 Å². The molecule has 0 aliphatic carbocycles. The lowest BCUT2D eigenvalue weighted by atomic mass is 10.1. The lowest BCUT2D eigenvalue weighted by molar-refractivity contribution is 0.0374. The second-order valence-electron chi connectivity index (χ2n) is 6.88. The molecule has 27 heavy (non-hydrogen) atoms. The van der Waals surface area contributed by atoms with Gasteiger partial charge in [0.05, 0.1) is 24.5 Å². The molecule has 0 radical (unpaired) electrons. The summed E-state index contributed by atoms with van der Waals surface area (Å²) in [6, 6.07) is 3.60. The Bertz CT molecular complexity index is 658. The van der Waals surface area contributed by atoms with Gasteiger partial charge in [0.15, 0.2) is 0 Å². The van der Waals surface area contributed by atoms with Crippen molar-refractivity contribution in [1.29, 1.82) is 0 Å². The van der Waals surface area contributed by atoms with E-state index < -0.39 is 5.82 Å². The number of nitrogens with zero attached hydrogens (tertiary/aromatic N) is 2. The number of rotatable bonds is 6. The molecule has 7 nitrogen and oxygen atoms in total. The summed E-state index contributed by atoms with van der Waals surface area (Å²) in [4.78, 5) is 28.8. The fourth-order valence-corrected chi connectivity index (χ4v) is 3.35. The van der Waals surface area contributed by atoms with Crippen LogP contribution in [0.2, 0.25) is 0 Å². The summed E-state index contributed by atoms with van der Waals surface area (Å²) in [6.07, 6.45) is 2.76. The third-order valence-electron chi connectivity index (χ3n) is 4.90. The van der Waals surface area contributed by atoms with Gasteiger partial charge in [-0.3, -0.25) is 9.69 Å². The van der Waals surface area contributed by atoms with Gasteiger partial charge in [-0.05, 0) is 44.0 Å². The minimum Gasteiger partial charge on any atom is -0.379 e. The normalized spacial score (nSPS) is 17.7. The molecule has 3 amide bonds. The Morgan fingerprint density at radius 2 is 1.85 bits per heavy atom. The number of anilines is 1. The van der Waals surface area contributed by atoms with Gasteiger partial charge in [-0.2, -0.15) is 0 Å². The smallest absolute Gasteiger partial charge is 0.321 e. The lowest BCUT2D eigenvalue weighted by Crippen LogP contribution is -2.38. The summed E-state index contributed by atoms with van der Waals surface area (Å²) in [6.45, 7) is 6.09. The summed E-state index contributed by atoms with van der Waals surface area (Å²) in [5.41, 5.74) is 0.480. The van der Waals surface area contributed by atoms with Crippen molar-refractivity contribution < 1.29 is 18.7 Å². The molecular weight excluding hydrogens is 351 g/mol. The monoisotopic (exact) mass is 378 g/mol. The van der Waals surface area contributed by atoms with Crippen LogP contribution in [0.5, 0.6) is 0 Å². The van der Waals surface area contributed by atoms with Gasteiger partial charge in [0.25, 0.3) is 5.91 Å². The van der Waals surface area contributed by atoms with Gasteiger partial charge in [0.2, 0.25) is 0 Å². The molecule has 2 saturated heterocycles. The van der Waals surface area contributed by atoms with Crippen molar-refractivity contribution >= 4 is 17.6 Å². The maximum absolute atomic E-state index is 13.7. The Hall–Kier alpha value is -2.19. The number of ether oxygens (including phenoxy) is 1. The van der Waals surface area contributed by atoms with Gasteiger partial charge in [-0.1, -0.05) is 0 Å². The van der Waals surface area contributed by atoms with Gasteiger partial charge >= 0.3 is 6.03 Å². The Labute approximate surface area is 158 Å². The molecule has 2 fully saturated rings. The molecule has 0 spiro atoms. The maximum atomic E-state index is 13.7. The Morgan fingerprint density at radius 3 is 2.59 bits per heavy atom. The second-order valence-corrected chi connectivity index (χ2v) is 6.88. The zero-order chi connectivity index (χ0) is 19.1. The van der Waals surface area contributed by atoms with Crippen LogP contribution in [0.25, 0.3) is 0 Å². The third kappa shape index (κ3) is 5.64. The van der Waals surface area contributed by atoms with E-state index in [1.165, 1.54) is 12.1 Å². The molecule has 1 aromatic carbocycles. The SMILES string of the molecule is O=C(NCCCN1CCOCC1)c1cc(F)ccc1NC(=O)N1CCCC1. The summed E-state index contributed by atoms with van der Waals surface area (Å²) in [7, 11) is 0. The topological polar surface area (TPSA) is 73.9 Å². The van der Waals surface area contributed by atoms with Gasteiger partial charge in [-0.25, -0.2) is 9.18 Å². The van der Waals surface area contributed by atoms with E-state index in [4.69, 9.17) is 4.74 Å². The first-order chi connectivity index (χ1) is 13.1. The highest BCUT2D eigenvalue weighted by molar-refractivity contribution is 6.03. The quantitative estimate of drug-likeness (QED) is 0.742. The van der Waals surface area contributed by atoms with E-state index in [0.29, 0.717) is 25.3 Å². The largest absolute Gasteiger partial charge is 0.379 e. The number of benzene rings is 1. The van der Waals surface area contributed by atoms with E-state index in [0.717, 1.165) is 58.2 Å². The highest BCUT2D eigenvalue weighted by atomic mass is 19.1. The first kappa shape index (κ1) is 19.6. The molecule has 2 N–H and O–H groups in total. The molecular formula is C19H27FN4O3. The number of nitrogens with one attached hydrogen (secondary N) is 2. The molecule has 1 aromatic rings. The van der Waals surface area contributed by atoms with Crippen molar-refractivity contribution in [1.82, 2.24) is 15.1 Å². The number of urea groups is 1. The van der Waals surface area contributed by atoms with E-state index in [9.17, 15) is 14.0 Å². The number of carbonyl (C=O) groups is 2. The minimum atomic E-state index is -0.507. The summed E-state index contributed by atoms with van der Waals surface area (Å²) < 4.78 is 19.0. The number of hydrogen-bond donors (Lipinski definition) is 2. The number of carbonyl (C=O) groups excluding carboxylic acids is 2. The summed E-state index contributed by atoms with van der Waals surface area (Å²) >= 11 is 0. The van der Waals surface area contributed by atoms with E-state index in [1.54, 1.807) is 4.90 Å². The number of morpholine rings is 1. The first-order valence-electron chi connectivity index (χ1n) is 9.57. The molecule has 0 unspecified atom stereocenters. The molecule has 3 rings (SSSR count). The number of halogens is 1. The van der Waals surface area contributed by atoms with E-state index in [1.807, 2.05) is 0 Å². The molecule has 0 saturated carbocycles.